The summed E-state index contributed by atoms with van der Waals surface area (Å²) in [5.41, 5.74) is 6.55. The molecule has 0 unspecified atom stereocenters. The molecule has 0 atom stereocenters. The molecule has 0 aliphatic heterocycles. The lowest BCUT2D eigenvalue weighted by atomic mass is 10.1. The molecule has 2 aromatic rings. The molecule has 0 spiro atoms. The summed E-state index contributed by atoms with van der Waals surface area (Å²) in [6.07, 6.45) is 0. The number of ether oxygens (including phenoxy) is 1. The Morgan fingerprint density at radius 3 is 2.53 bits per heavy atom. The van der Waals surface area contributed by atoms with Gasteiger partial charge in [0.05, 0.1) is 18.4 Å². The molecular formula is C13H14N4O2. The molecule has 6 heteroatoms. The van der Waals surface area contributed by atoms with Gasteiger partial charge in [0.2, 0.25) is 0 Å². The van der Waals surface area contributed by atoms with E-state index < -0.39 is 0 Å². The maximum absolute atomic E-state index is 11.8. The Hall–Kier alpha value is -2.63. The van der Waals surface area contributed by atoms with E-state index in [1.807, 2.05) is 12.1 Å². The number of nitrogens with one attached hydrogen (secondary N) is 1. The Labute approximate surface area is 110 Å². The number of amidine groups is 1. The number of aryl methyl sites for hydroxylation is 1. The molecule has 1 aromatic heterocycles. The summed E-state index contributed by atoms with van der Waals surface area (Å²) in [6, 6.07) is 8.78. The van der Waals surface area contributed by atoms with E-state index in [0.29, 0.717) is 5.69 Å². The van der Waals surface area contributed by atoms with Gasteiger partial charge in [-0.3, -0.25) is 10.2 Å². The third-order valence-electron chi connectivity index (χ3n) is 2.74. The number of benzene rings is 1. The second-order valence-electron chi connectivity index (χ2n) is 4.01. The predicted octanol–water partition coefficient (Wildman–Crippen LogP) is 0.740. The highest BCUT2D eigenvalue weighted by Crippen LogP contribution is 2.20. The van der Waals surface area contributed by atoms with Gasteiger partial charge in [0, 0.05) is 12.6 Å². The Balaban J connectivity index is 2.56. The van der Waals surface area contributed by atoms with Gasteiger partial charge in [-0.15, -0.1) is 0 Å². The van der Waals surface area contributed by atoms with Crippen LogP contribution in [0.2, 0.25) is 0 Å². The predicted molar refractivity (Wildman–Crippen MR) is 72.5 cm³/mol. The molecule has 0 aliphatic carbocycles. The van der Waals surface area contributed by atoms with Crippen molar-refractivity contribution in [2.24, 2.45) is 12.8 Å². The molecule has 1 aromatic carbocycles. The van der Waals surface area contributed by atoms with E-state index in [2.05, 4.69) is 5.10 Å². The van der Waals surface area contributed by atoms with Gasteiger partial charge < -0.3 is 10.5 Å². The van der Waals surface area contributed by atoms with Crippen molar-refractivity contribution in [3.05, 3.63) is 46.2 Å². The topological polar surface area (TPSA) is 94.0 Å². The number of nitrogen functional groups attached to an aromatic ring is 1. The summed E-state index contributed by atoms with van der Waals surface area (Å²) in [6.45, 7) is 0. The number of aromatic nitrogens is 2. The summed E-state index contributed by atoms with van der Waals surface area (Å²) < 4.78 is 6.26. The first-order valence-electron chi connectivity index (χ1n) is 5.60. The second-order valence-corrected chi connectivity index (χ2v) is 4.01. The van der Waals surface area contributed by atoms with Crippen LogP contribution in [-0.2, 0) is 7.05 Å². The fourth-order valence-electron chi connectivity index (χ4n) is 1.70. The smallest absolute Gasteiger partial charge is 0.277 e. The Morgan fingerprint density at radius 2 is 2.00 bits per heavy atom. The average Bonchev–Trinajstić information content (AvgIpc) is 2.41. The average molecular weight is 258 g/mol. The molecule has 0 amide bonds. The third-order valence-corrected chi connectivity index (χ3v) is 2.74. The van der Waals surface area contributed by atoms with Crippen LogP contribution in [0, 0.1) is 5.41 Å². The van der Waals surface area contributed by atoms with E-state index in [9.17, 15) is 4.79 Å². The van der Waals surface area contributed by atoms with Crippen LogP contribution in [0.25, 0.3) is 11.3 Å². The quantitative estimate of drug-likeness (QED) is 0.627. The van der Waals surface area contributed by atoms with E-state index in [1.165, 1.54) is 17.8 Å². The minimum Gasteiger partial charge on any atom is -0.497 e. The standard InChI is InChI=1S/C13H14N4O2/c1-17-13(18)10(12(14)15)7-11(16-17)8-3-5-9(19-2)6-4-8/h3-7H,1-2H3,(H3,14,15). The van der Waals surface area contributed by atoms with Crippen molar-refractivity contribution in [2.45, 2.75) is 0 Å². The molecule has 0 saturated heterocycles. The monoisotopic (exact) mass is 258 g/mol. The van der Waals surface area contributed by atoms with Gasteiger partial charge >= 0.3 is 0 Å². The van der Waals surface area contributed by atoms with Gasteiger partial charge in [0.1, 0.15) is 11.6 Å². The largest absolute Gasteiger partial charge is 0.497 e. The summed E-state index contributed by atoms with van der Waals surface area (Å²) in [5, 5.41) is 11.6. The molecule has 0 saturated carbocycles. The van der Waals surface area contributed by atoms with E-state index in [4.69, 9.17) is 15.9 Å². The number of hydrogen-bond acceptors (Lipinski definition) is 4. The van der Waals surface area contributed by atoms with Crippen molar-refractivity contribution in [1.29, 1.82) is 5.41 Å². The SMILES string of the molecule is COc1ccc(-c2cc(C(=N)N)c(=O)n(C)n2)cc1. The van der Waals surface area contributed by atoms with Crippen LogP contribution in [0.15, 0.2) is 35.1 Å². The van der Waals surface area contributed by atoms with Crippen LogP contribution >= 0.6 is 0 Å². The number of rotatable bonds is 3. The molecule has 0 fully saturated rings. The highest BCUT2D eigenvalue weighted by atomic mass is 16.5. The Kier molecular flexibility index (Phi) is 3.33. The van der Waals surface area contributed by atoms with Gasteiger partial charge in [0.15, 0.2) is 0 Å². The minimum absolute atomic E-state index is 0.142. The fraction of sp³-hybridized carbons (Fsp3) is 0.154. The molecule has 3 N–H and O–H groups in total. The van der Waals surface area contributed by atoms with Crippen LogP contribution < -0.4 is 16.0 Å². The van der Waals surface area contributed by atoms with Crippen molar-refractivity contribution in [2.75, 3.05) is 7.11 Å². The first kappa shape index (κ1) is 12.8. The molecular weight excluding hydrogens is 244 g/mol. The maximum atomic E-state index is 11.8. The molecule has 19 heavy (non-hydrogen) atoms. The Bertz CT molecular complexity index is 674. The highest BCUT2D eigenvalue weighted by Gasteiger charge is 2.10. The van der Waals surface area contributed by atoms with Gasteiger partial charge in [-0.05, 0) is 30.3 Å². The number of nitrogens with two attached hydrogens (primary N) is 1. The number of nitrogens with zero attached hydrogens (tertiary/aromatic N) is 2. The normalized spacial score (nSPS) is 10.2. The minimum atomic E-state index is -0.384. The fourth-order valence-corrected chi connectivity index (χ4v) is 1.70. The van der Waals surface area contributed by atoms with Crippen molar-refractivity contribution in [3.8, 4) is 17.0 Å². The maximum Gasteiger partial charge on any atom is 0.277 e. The first-order chi connectivity index (χ1) is 9.02. The summed E-state index contributed by atoms with van der Waals surface area (Å²) in [7, 11) is 3.12. The van der Waals surface area contributed by atoms with Gasteiger partial charge in [0.25, 0.3) is 5.56 Å². The number of methoxy groups -OCH3 is 1. The molecule has 0 aliphatic rings. The van der Waals surface area contributed by atoms with Crippen LogP contribution in [0.3, 0.4) is 0 Å². The highest BCUT2D eigenvalue weighted by molar-refractivity contribution is 5.95. The van der Waals surface area contributed by atoms with E-state index in [0.717, 1.165) is 11.3 Å². The zero-order chi connectivity index (χ0) is 14.0. The lowest BCUT2D eigenvalue weighted by Crippen LogP contribution is -2.29. The van der Waals surface area contributed by atoms with Crippen LogP contribution in [-0.4, -0.2) is 22.7 Å². The Morgan fingerprint density at radius 1 is 1.37 bits per heavy atom. The zero-order valence-corrected chi connectivity index (χ0v) is 10.7. The number of hydrogen-bond donors (Lipinski definition) is 2. The first-order valence-corrected chi connectivity index (χ1v) is 5.60. The summed E-state index contributed by atoms with van der Waals surface area (Å²) in [4.78, 5) is 11.8. The van der Waals surface area contributed by atoms with Gasteiger partial charge in [-0.25, -0.2) is 4.68 Å². The third kappa shape index (κ3) is 2.47. The zero-order valence-electron chi connectivity index (χ0n) is 10.7. The second kappa shape index (κ2) is 4.93. The van der Waals surface area contributed by atoms with E-state index >= 15 is 0 Å². The molecule has 6 nitrogen and oxygen atoms in total. The van der Waals surface area contributed by atoms with E-state index in [1.54, 1.807) is 19.2 Å². The summed E-state index contributed by atoms with van der Waals surface area (Å²) >= 11 is 0. The van der Waals surface area contributed by atoms with Crippen LogP contribution in [0.5, 0.6) is 5.75 Å². The van der Waals surface area contributed by atoms with Crippen molar-refractivity contribution < 1.29 is 4.74 Å². The summed E-state index contributed by atoms with van der Waals surface area (Å²) in [5.74, 6) is 0.470. The van der Waals surface area contributed by atoms with Crippen LogP contribution in [0.4, 0.5) is 0 Å². The lowest BCUT2D eigenvalue weighted by molar-refractivity contribution is 0.415. The van der Waals surface area contributed by atoms with Crippen molar-refractivity contribution >= 4 is 5.84 Å². The molecule has 98 valence electrons. The van der Waals surface area contributed by atoms with Gasteiger partial charge in [-0.2, -0.15) is 5.10 Å². The molecule has 0 radical (unpaired) electrons. The van der Waals surface area contributed by atoms with E-state index in [-0.39, 0.29) is 17.0 Å². The van der Waals surface area contributed by atoms with Gasteiger partial charge in [-0.1, -0.05) is 0 Å². The van der Waals surface area contributed by atoms with Crippen LogP contribution in [0.1, 0.15) is 5.56 Å². The van der Waals surface area contributed by atoms with Crippen molar-refractivity contribution in [1.82, 2.24) is 9.78 Å². The molecule has 0 bridgehead atoms. The van der Waals surface area contributed by atoms with Crippen molar-refractivity contribution in [3.63, 3.8) is 0 Å². The molecule has 2 rings (SSSR count). The molecule has 1 heterocycles. The lowest BCUT2D eigenvalue weighted by Gasteiger charge is -2.07.